The van der Waals surface area contributed by atoms with Crippen LogP contribution in [0, 0.1) is 0 Å². The Labute approximate surface area is 98.2 Å². The fraction of sp³-hybridized carbons (Fsp3) is 0.615. The molecule has 0 fully saturated rings. The Morgan fingerprint density at radius 3 is 2.81 bits per heavy atom. The van der Waals surface area contributed by atoms with E-state index >= 15 is 0 Å². The molecule has 0 radical (unpaired) electrons. The van der Waals surface area contributed by atoms with E-state index in [9.17, 15) is 0 Å². The maximum Gasteiger partial charge on any atom is 0.0634 e. The summed E-state index contributed by atoms with van der Waals surface area (Å²) in [5, 5.41) is 3.47. The van der Waals surface area contributed by atoms with Crippen LogP contribution in [0.5, 0.6) is 0 Å². The molecular formula is C13H22N2O. The summed E-state index contributed by atoms with van der Waals surface area (Å²) in [5.74, 6) is 0. The van der Waals surface area contributed by atoms with Crippen molar-refractivity contribution in [2.75, 3.05) is 13.7 Å². The average molecular weight is 222 g/mol. The summed E-state index contributed by atoms with van der Waals surface area (Å²) < 4.78 is 5.37. The Balaban J connectivity index is 2.34. The Kier molecular flexibility index (Phi) is 4.90. The van der Waals surface area contributed by atoms with E-state index in [1.54, 1.807) is 13.3 Å². The summed E-state index contributed by atoms with van der Waals surface area (Å²) in [6.07, 6.45) is 4.69. The van der Waals surface area contributed by atoms with Crippen LogP contribution in [0.1, 0.15) is 38.8 Å². The van der Waals surface area contributed by atoms with Crippen molar-refractivity contribution >= 4 is 0 Å². The molecule has 0 saturated heterocycles. The molecule has 0 aliphatic heterocycles. The summed E-state index contributed by atoms with van der Waals surface area (Å²) in [6, 6.07) is 4.39. The van der Waals surface area contributed by atoms with Crippen molar-refractivity contribution in [3.8, 4) is 0 Å². The van der Waals surface area contributed by atoms with Gasteiger partial charge in [-0.3, -0.25) is 4.98 Å². The van der Waals surface area contributed by atoms with Gasteiger partial charge in [0.15, 0.2) is 0 Å². The zero-order valence-electron chi connectivity index (χ0n) is 10.7. The lowest BCUT2D eigenvalue weighted by atomic mass is 10.0. The number of aromatic nitrogens is 1. The van der Waals surface area contributed by atoms with E-state index < -0.39 is 0 Å². The van der Waals surface area contributed by atoms with E-state index in [4.69, 9.17) is 4.74 Å². The van der Waals surface area contributed by atoms with Gasteiger partial charge in [-0.1, -0.05) is 6.07 Å². The SMILES string of the molecule is COC(C)(C)CCN[C@@H](C)c1cccnc1. The summed E-state index contributed by atoms with van der Waals surface area (Å²) in [4.78, 5) is 4.11. The zero-order valence-corrected chi connectivity index (χ0v) is 10.7. The van der Waals surface area contributed by atoms with Gasteiger partial charge in [0.25, 0.3) is 0 Å². The molecule has 1 aromatic rings. The minimum absolute atomic E-state index is 0.0539. The molecule has 1 N–H and O–H groups in total. The average Bonchev–Trinajstić information content (AvgIpc) is 2.30. The lowest BCUT2D eigenvalue weighted by molar-refractivity contribution is 0.0154. The van der Waals surface area contributed by atoms with Crippen LogP contribution >= 0.6 is 0 Å². The van der Waals surface area contributed by atoms with Crippen molar-refractivity contribution in [3.05, 3.63) is 30.1 Å². The molecule has 90 valence electrons. The van der Waals surface area contributed by atoms with Gasteiger partial charge in [0.2, 0.25) is 0 Å². The van der Waals surface area contributed by atoms with Gasteiger partial charge in [-0.2, -0.15) is 0 Å². The highest BCUT2D eigenvalue weighted by Crippen LogP contribution is 2.14. The van der Waals surface area contributed by atoms with E-state index in [1.165, 1.54) is 5.56 Å². The number of ether oxygens (including phenoxy) is 1. The van der Waals surface area contributed by atoms with Gasteiger partial charge in [-0.25, -0.2) is 0 Å². The molecule has 0 bridgehead atoms. The van der Waals surface area contributed by atoms with Crippen molar-refractivity contribution in [2.24, 2.45) is 0 Å². The Bertz CT molecular complexity index is 298. The van der Waals surface area contributed by atoms with E-state index in [0.717, 1.165) is 13.0 Å². The van der Waals surface area contributed by atoms with Crippen LogP contribution in [-0.2, 0) is 4.74 Å². The molecule has 0 saturated carbocycles. The van der Waals surface area contributed by atoms with Gasteiger partial charge in [0, 0.05) is 25.5 Å². The number of rotatable bonds is 6. The standard InChI is InChI=1S/C13H22N2O/c1-11(12-6-5-8-14-10-12)15-9-7-13(2,3)16-4/h5-6,8,10-11,15H,7,9H2,1-4H3/t11-/m0/s1. The molecule has 1 atom stereocenters. The number of nitrogens with zero attached hydrogens (tertiary/aromatic N) is 1. The third kappa shape index (κ3) is 4.29. The first-order chi connectivity index (χ1) is 7.55. The second kappa shape index (κ2) is 5.97. The minimum Gasteiger partial charge on any atom is -0.379 e. The second-order valence-electron chi connectivity index (χ2n) is 4.68. The molecule has 1 rings (SSSR count). The maximum absolute atomic E-state index is 5.37. The first-order valence-electron chi connectivity index (χ1n) is 5.73. The highest BCUT2D eigenvalue weighted by Gasteiger charge is 2.16. The third-order valence-corrected chi connectivity index (χ3v) is 2.91. The topological polar surface area (TPSA) is 34.1 Å². The van der Waals surface area contributed by atoms with E-state index in [-0.39, 0.29) is 5.60 Å². The lowest BCUT2D eigenvalue weighted by Gasteiger charge is -2.24. The Hall–Kier alpha value is -0.930. The number of methoxy groups -OCH3 is 1. The molecule has 0 aliphatic carbocycles. The van der Waals surface area contributed by atoms with Crippen LogP contribution in [0.3, 0.4) is 0 Å². The molecule has 3 nitrogen and oxygen atoms in total. The highest BCUT2D eigenvalue weighted by molar-refractivity contribution is 5.12. The molecule has 0 amide bonds. The number of hydrogen-bond acceptors (Lipinski definition) is 3. The Morgan fingerprint density at radius 1 is 1.50 bits per heavy atom. The molecule has 3 heteroatoms. The van der Waals surface area contributed by atoms with Gasteiger partial charge in [0.05, 0.1) is 5.60 Å². The normalized spacial score (nSPS) is 13.8. The second-order valence-corrected chi connectivity index (χ2v) is 4.68. The van der Waals surface area contributed by atoms with Gasteiger partial charge < -0.3 is 10.1 Å². The van der Waals surface area contributed by atoms with Gasteiger partial charge in [0.1, 0.15) is 0 Å². The van der Waals surface area contributed by atoms with Crippen LogP contribution in [0.4, 0.5) is 0 Å². The van der Waals surface area contributed by atoms with Crippen LogP contribution in [0.2, 0.25) is 0 Å². The molecular weight excluding hydrogens is 200 g/mol. The molecule has 1 heterocycles. The van der Waals surface area contributed by atoms with E-state index in [1.807, 2.05) is 12.3 Å². The van der Waals surface area contributed by atoms with E-state index in [2.05, 4.69) is 37.1 Å². The van der Waals surface area contributed by atoms with Crippen LogP contribution in [0.15, 0.2) is 24.5 Å². The summed E-state index contributed by atoms with van der Waals surface area (Å²) in [5.41, 5.74) is 1.17. The number of hydrogen-bond donors (Lipinski definition) is 1. The summed E-state index contributed by atoms with van der Waals surface area (Å²) in [7, 11) is 1.75. The molecule has 0 unspecified atom stereocenters. The fourth-order valence-electron chi connectivity index (χ4n) is 1.44. The summed E-state index contributed by atoms with van der Waals surface area (Å²) in [6.45, 7) is 7.29. The monoisotopic (exact) mass is 222 g/mol. The van der Waals surface area contributed by atoms with Crippen molar-refractivity contribution in [3.63, 3.8) is 0 Å². The predicted octanol–water partition coefficient (Wildman–Crippen LogP) is 2.55. The largest absolute Gasteiger partial charge is 0.379 e. The Morgan fingerprint density at radius 2 is 2.25 bits per heavy atom. The van der Waals surface area contributed by atoms with Crippen LogP contribution < -0.4 is 5.32 Å². The van der Waals surface area contributed by atoms with Gasteiger partial charge in [-0.15, -0.1) is 0 Å². The fourth-order valence-corrected chi connectivity index (χ4v) is 1.44. The minimum atomic E-state index is -0.0539. The number of nitrogens with one attached hydrogen (secondary N) is 1. The predicted molar refractivity (Wildman–Crippen MR) is 66.4 cm³/mol. The zero-order chi connectivity index (χ0) is 12.0. The highest BCUT2D eigenvalue weighted by atomic mass is 16.5. The molecule has 0 spiro atoms. The first kappa shape index (κ1) is 13.1. The quantitative estimate of drug-likeness (QED) is 0.803. The molecule has 16 heavy (non-hydrogen) atoms. The van der Waals surface area contributed by atoms with Crippen molar-refractivity contribution in [1.29, 1.82) is 0 Å². The van der Waals surface area contributed by atoms with Gasteiger partial charge in [-0.05, 0) is 45.4 Å². The smallest absolute Gasteiger partial charge is 0.0634 e. The third-order valence-electron chi connectivity index (χ3n) is 2.91. The summed E-state index contributed by atoms with van der Waals surface area (Å²) >= 11 is 0. The maximum atomic E-state index is 5.37. The number of pyridine rings is 1. The van der Waals surface area contributed by atoms with E-state index in [0.29, 0.717) is 6.04 Å². The van der Waals surface area contributed by atoms with Crippen molar-refractivity contribution in [1.82, 2.24) is 10.3 Å². The molecule has 1 aromatic heterocycles. The van der Waals surface area contributed by atoms with Crippen molar-refractivity contribution < 1.29 is 4.74 Å². The molecule has 0 aliphatic rings. The van der Waals surface area contributed by atoms with Gasteiger partial charge >= 0.3 is 0 Å². The van der Waals surface area contributed by atoms with Crippen molar-refractivity contribution in [2.45, 2.75) is 38.8 Å². The van der Waals surface area contributed by atoms with Crippen LogP contribution in [-0.4, -0.2) is 24.2 Å². The molecule has 0 aromatic carbocycles. The van der Waals surface area contributed by atoms with Crippen LogP contribution in [0.25, 0.3) is 0 Å². The lowest BCUT2D eigenvalue weighted by Crippen LogP contribution is -2.30. The first-order valence-corrected chi connectivity index (χ1v) is 5.73.